The van der Waals surface area contributed by atoms with Crippen LogP contribution in [-0.4, -0.2) is 49.2 Å². The Morgan fingerprint density at radius 3 is 2.50 bits per heavy atom. The highest BCUT2D eigenvalue weighted by molar-refractivity contribution is 5.73. The summed E-state index contributed by atoms with van der Waals surface area (Å²) in [6, 6.07) is -0.444. The second-order valence-electron chi connectivity index (χ2n) is 3.11. The number of aliphatic carboxylic acids is 1. The molecule has 2 N–H and O–H groups in total. The number of nitrogens with zero attached hydrogens (tertiary/aromatic N) is 1. The third-order valence-electron chi connectivity index (χ3n) is 1.49. The molecule has 12 heavy (non-hydrogen) atoms. The van der Waals surface area contributed by atoms with Crippen molar-refractivity contribution in [3.05, 3.63) is 0 Å². The molecule has 0 spiro atoms. The van der Waals surface area contributed by atoms with E-state index in [9.17, 15) is 4.79 Å². The molecular formula is C8H18N2O2. The van der Waals surface area contributed by atoms with Crippen LogP contribution in [0.4, 0.5) is 0 Å². The summed E-state index contributed by atoms with van der Waals surface area (Å²) in [5.41, 5.74) is 0. The van der Waals surface area contributed by atoms with Crippen molar-refractivity contribution < 1.29 is 9.90 Å². The van der Waals surface area contributed by atoms with E-state index in [4.69, 9.17) is 5.11 Å². The van der Waals surface area contributed by atoms with E-state index in [1.807, 2.05) is 25.9 Å². The first-order chi connectivity index (χ1) is 5.57. The van der Waals surface area contributed by atoms with E-state index in [0.29, 0.717) is 6.54 Å². The van der Waals surface area contributed by atoms with Gasteiger partial charge in [0.05, 0.1) is 0 Å². The Hall–Kier alpha value is -0.610. The number of nitrogens with one attached hydrogen (secondary N) is 1. The molecule has 0 amide bonds. The zero-order valence-corrected chi connectivity index (χ0v) is 8.00. The minimum atomic E-state index is -0.780. The molecule has 0 bridgehead atoms. The van der Waals surface area contributed by atoms with Gasteiger partial charge in [-0.15, -0.1) is 0 Å². The Labute approximate surface area is 73.6 Å². The van der Waals surface area contributed by atoms with Gasteiger partial charge in [-0.2, -0.15) is 0 Å². The molecular weight excluding hydrogens is 156 g/mol. The number of carboxylic acids is 1. The van der Waals surface area contributed by atoms with Crippen molar-refractivity contribution in [2.24, 2.45) is 0 Å². The number of hydrogen-bond donors (Lipinski definition) is 2. The first-order valence-corrected chi connectivity index (χ1v) is 4.18. The number of likely N-dealkylation sites (N-methyl/N-ethyl adjacent to an activating group) is 1. The van der Waals surface area contributed by atoms with Crippen molar-refractivity contribution in [3.8, 4) is 0 Å². The summed E-state index contributed by atoms with van der Waals surface area (Å²) in [6.07, 6.45) is 0.956. The smallest absolute Gasteiger partial charge is 0.322 e. The molecule has 72 valence electrons. The highest BCUT2D eigenvalue weighted by Gasteiger charge is 2.16. The summed E-state index contributed by atoms with van der Waals surface area (Å²) in [5, 5.41) is 11.7. The minimum absolute atomic E-state index is 0.444. The Kier molecular flexibility index (Phi) is 5.66. The summed E-state index contributed by atoms with van der Waals surface area (Å²) < 4.78 is 0. The lowest BCUT2D eigenvalue weighted by molar-refractivity contribution is -0.139. The highest BCUT2D eigenvalue weighted by Crippen LogP contribution is 1.87. The predicted octanol–water partition coefficient (Wildman–Crippen LogP) is 0.000800. The van der Waals surface area contributed by atoms with Gasteiger partial charge in [0, 0.05) is 6.54 Å². The monoisotopic (exact) mass is 174 g/mol. The van der Waals surface area contributed by atoms with Gasteiger partial charge in [0.15, 0.2) is 0 Å². The van der Waals surface area contributed by atoms with Crippen LogP contribution >= 0.6 is 0 Å². The van der Waals surface area contributed by atoms with Gasteiger partial charge < -0.3 is 15.3 Å². The van der Waals surface area contributed by atoms with Crippen molar-refractivity contribution in [1.29, 1.82) is 0 Å². The Bertz CT molecular complexity index is 137. The first-order valence-electron chi connectivity index (χ1n) is 4.18. The molecule has 0 aromatic carbocycles. The highest BCUT2D eigenvalue weighted by atomic mass is 16.4. The average Bonchev–Trinajstić information content (AvgIpc) is 1.96. The summed E-state index contributed by atoms with van der Waals surface area (Å²) in [4.78, 5) is 12.5. The SMILES string of the molecule is CCCNC(CN(C)C)C(=O)O. The first kappa shape index (κ1) is 11.4. The molecule has 4 nitrogen and oxygen atoms in total. The molecule has 0 aliphatic carbocycles. The van der Waals surface area contributed by atoms with Crippen LogP contribution in [0.25, 0.3) is 0 Å². The van der Waals surface area contributed by atoms with E-state index >= 15 is 0 Å². The lowest BCUT2D eigenvalue weighted by Crippen LogP contribution is -2.44. The molecule has 0 saturated carbocycles. The maximum absolute atomic E-state index is 10.7. The van der Waals surface area contributed by atoms with E-state index in [0.717, 1.165) is 13.0 Å². The van der Waals surface area contributed by atoms with E-state index < -0.39 is 12.0 Å². The number of carboxylic acid groups (broad SMARTS) is 1. The summed E-state index contributed by atoms with van der Waals surface area (Å²) in [5.74, 6) is -0.780. The van der Waals surface area contributed by atoms with Crippen LogP contribution in [0, 0.1) is 0 Å². The topological polar surface area (TPSA) is 52.6 Å². The molecule has 4 heteroatoms. The molecule has 1 unspecified atom stereocenters. The largest absolute Gasteiger partial charge is 0.480 e. The van der Waals surface area contributed by atoms with Crippen LogP contribution in [0.15, 0.2) is 0 Å². The average molecular weight is 174 g/mol. The van der Waals surface area contributed by atoms with Gasteiger partial charge >= 0.3 is 5.97 Å². The molecule has 0 aromatic heterocycles. The van der Waals surface area contributed by atoms with Gasteiger partial charge in [-0.1, -0.05) is 6.92 Å². The molecule has 0 aromatic rings. The molecule has 0 aliphatic rings. The van der Waals surface area contributed by atoms with Crippen LogP contribution in [-0.2, 0) is 4.79 Å². The quantitative estimate of drug-likeness (QED) is 0.595. The third kappa shape index (κ3) is 5.09. The van der Waals surface area contributed by atoms with E-state index in [1.54, 1.807) is 0 Å². The molecule has 0 radical (unpaired) electrons. The number of carbonyl (C=O) groups is 1. The van der Waals surface area contributed by atoms with Crippen molar-refractivity contribution >= 4 is 5.97 Å². The van der Waals surface area contributed by atoms with E-state index in [-0.39, 0.29) is 0 Å². The fourth-order valence-electron chi connectivity index (χ4n) is 0.914. The fourth-order valence-corrected chi connectivity index (χ4v) is 0.914. The second-order valence-corrected chi connectivity index (χ2v) is 3.11. The zero-order valence-electron chi connectivity index (χ0n) is 8.00. The summed E-state index contributed by atoms with van der Waals surface area (Å²) in [7, 11) is 3.73. The van der Waals surface area contributed by atoms with Crippen molar-refractivity contribution in [2.75, 3.05) is 27.2 Å². The maximum Gasteiger partial charge on any atom is 0.322 e. The van der Waals surface area contributed by atoms with Crippen LogP contribution in [0.3, 0.4) is 0 Å². The minimum Gasteiger partial charge on any atom is -0.480 e. The number of hydrogen-bond acceptors (Lipinski definition) is 3. The Morgan fingerprint density at radius 2 is 2.17 bits per heavy atom. The van der Waals surface area contributed by atoms with Gasteiger partial charge in [0.1, 0.15) is 6.04 Å². The molecule has 0 saturated heterocycles. The Balaban J connectivity index is 3.78. The molecule has 0 aliphatic heterocycles. The lowest BCUT2D eigenvalue weighted by Gasteiger charge is -2.17. The molecule has 0 rings (SSSR count). The molecule has 0 fully saturated rings. The van der Waals surface area contributed by atoms with Gasteiger partial charge in [-0.3, -0.25) is 4.79 Å². The van der Waals surface area contributed by atoms with Crippen LogP contribution in [0.2, 0.25) is 0 Å². The van der Waals surface area contributed by atoms with Crippen molar-refractivity contribution in [2.45, 2.75) is 19.4 Å². The normalized spacial score (nSPS) is 13.3. The summed E-state index contributed by atoms with van der Waals surface area (Å²) >= 11 is 0. The lowest BCUT2D eigenvalue weighted by atomic mass is 10.2. The third-order valence-corrected chi connectivity index (χ3v) is 1.49. The second kappa shape index (κ2) is 5.97. The van der Waals surface area contributed by atoms with E-state index in [2.05, 4.69) is 5.32 Å². The summed E-state index contributed by atoms with van der Waals surface area (Å²) in [6.45, 7) is 3.31. The zero-order chi connectivity index (χ0) is 9.56. The van der Waals surface area contributed by atoms with Gasteiger partial charge in [0.2, 0.25) is 0 Å². The van der Waals surface area contributed by atoms with Crippen molar-refractivity contribution in [3.63, 3.8) is 0 Å². The standard InChI is InChI=1S/C8H18N2O2/c1-4-5-9-7(8(11)12)6-10(2)3/h7,9H,4-6H2,1-3H3,(H,11,12). The molecule has 1 atom stereocenters. The Morgan fingerprint density at radius 1 is 1.58 bits per heavy atom. The van der Waals surface area contributed by atoms with Gasteiger partial charge in [-0.25, -0.2) is 0 Å². The maximum atomic E-state index is 10.7. The van der Waals surface area contributed by atoms with Gasteiger partial charge in [-0.05, 0) is 27.1 Å². The van der Waals surface area contributed by atoms with Crippen LogP contribution < -0.4 is 5.32 Å². The van der Waals surface area contributed by atoms with Gasteiger partial charge in [0.25, 0.3) is 0 Å². The van der Waals surface area contributed by atoms with Crippen LogP contribution in [0.1, 0.15) is 13.3 Å². The van der Waals surface area contributed by atoms with E-state index in [1.165, 1.54) is 0 Å². The predicted molar refractivity (Wildman–Crippen MR) is 48.3 cm³/mol. The number of rotatable bonds is 6. The van der Waals surface area contributed by atoms with Crippen molar-refractivity contribution in [1.82, 2.24) is 10.2 Å². The molecule has 0 heterocycles. The fraction of sp³-hybridized carbons (Fsp3) is 0.875. The van der Waals surface area contributed by atoms with Crippen LogP contribution in [0.5, 0.6) is 0 Å².